The van der Waals surface area contributed by atoms with Gasteiger partial charge in [-0.2, -0.15) is 0 Å². The molecule has 0 heterocycles. The van der Waals surface area contributed by atoms with E-state index in [1.807, 2.05) is 0 Å². The lowest BCUT2D eigenvalue weighted by molar-refractivity contribution is -0.385. The van der Waals surface area contributed by atoms with Crippen molar-refractivity contribution in [2.24, 2.45) is 0 Å². The number of nitro groups is 1. The number of rotatable bonds is 2. The zero-order valence-electron chi connectivity index (χ0n) is 6.16. The van der Waals surface area contributed by atoms with Gasteiger partial charge in [-0.3, -0.25) is 14.9 Å². The molecular formula is C7H3BrClNO3. The summed E-state index contributed by atoms with van der Waals surface area (Å²) < 4.78 is 0.240. The highest BCUT2D eigenvalue weighted by Crippen LogP contribution is 2.25. The lowest BCUT2D eigenvalue weighted by atomic mass is 10.2. The van der Waals surface area contributed by atoms with E-state index in [0.717, 1.165) is 0 Å². The van der Waals surface area contributed by atoms with E-state index in [1.54, 1.807) is 0 Å². The van der Waals surface area contributed by atoms with Crippen molar-refractivity contribution in [2.75, 3.05) is 0 Å². The van der Waals surface area contributed by atoms with Crippen LogP contribution in [-0.2, 0) is 0 Å². The molecule has 0 saturated heterocycles. The van der Waals surface area contributed by atoms with E-state index in [4.69, 9.17) is 11.6 Å². The second kappa shape index (κ2) is 3.85. The zero-order valence-corrected chi connectivity index (χ0v) is 8.50. The van der Waals surface area contributed by atoms with E-state index in [-0.39, 0.29) is 15.7 Å². The molecule has 1 aromatic rings. The Morgan fingerprint density at radius 2 is 2.15 bits per heavy atom. The van der Waals surface area contributed by atoms with Crippen LogP contribution in [-0.4, -0.2) is 10.2 Å². The number of nitro benzene ring substituents is 1. The number of hydrogen-bond acceptors (Lipinski definition) is 3. The van der Waals surface area contributed by atoms with Crippen molar-refractivity contribution < 1.29 is 9.72 Å². The van der Waals surface area contributed by atoms with Crippen LogP contribution in [0.15, 0.2) is 22.7 Å². The molecule has 68 valence electrons. The first-order valence-corrected chi connectivity index (χ1v) is 4.33. The third-order valence-electron chi connectivity index (χ3n) is 1.37. The van der Waals surface area contributed by atoms with Crippen molar-refractivity contribution in [1.29, 1.82) is 0 Å². The molecule has 0 aliphatic carbocycles. The van der Waals surface area contributed by atoms with Crippen LogP contribution >= 0.6 is 27.5 Å². The molecule has 0 radical (unpaired) electrons. The fourth-order valence-electron chi connectivity index (χ4n) is 0.777. The van der Waals surface area contributed by atoms with Gasteiger partial charge in [0.05, 0.1) is 9.40 Å². The summed E-state index contributed by atoms with van der Waals surface area (Å²) in [6.07, 6.45) is 0. The Hall–Kier alpha value is -0.940. The maximum absolute atomic E-state index is 10.7. The maximum Gasteiger partial charge on any atom is 0.283 e. The second-order valence-corrected chi connectivity index (χ2v) is 3.39. The molecule has 0 saturated carbocycles. The monoisotopic (exact) mass is 263 g/mol. The van der Waals surface area contributed by atoms with Gasteiger partial charge in [-0.25, -0.2) is 0 Å². The molecule has 6 heteroatoms. The van der Waals surface area contributed by atoms with Crippen LogP contribution in [0, 0.1) is 10.1 Å². The molecular weight excluding hydrogens is 261 g/mol. The topological polar surface area (TPSA) is 60.2 Å². The molecule has 0 amide bonds. The number of hydrogen-bond donors (Lipinski definition) is 0. The van der Waals surface area contributed by atoms with Crippen LogP contribution in [0.2, 0.25) is 0 Å². The van der Waals surface area contributed by atoms with E-state index < -0.39 is 10.2 Å². The molecule has 0 N–H and O–H groups in total. The molecule has 0 aromatic heterocycles. The van der Waals surface area contributed by atoms with Crippen molar-refractivity contribution in [1.82, 2.24) is 0 Å². The third-order valence-corrected chi connectivity index (χ3v) is 2.22. The lowest BCUT2D eigenvalue weighted by Gasteiger charge is -1.96. The molecule has 4 nitrogen and oxygen atoms in total. The van der Waals surface area contributed by atoms with Gasteiger partial charge in [-0.05, 0) is 39.7 Å². The highest BCUT2D eigenvalue weighted by Gasteiger charge is 2.13. The average molecular weight is 264 g/mol. The highest BCUT2D eigenvalue weighted by molar-refractivity contribution is 9.10. The van der Waals surface area contributed by atoms with E-state index in [2.05, 4.69) is 15.9 Å². The molecule has 0 unspecified atom stereocenters. The molecule has 0 bridgehead atoms. The van der Waals surface area contributed by atoms with Gasteiger partial charge in [-0.1, -0.05) is 0 Å². The second-order valence-electron chi connectivity index (χ2n) is 2.20. The smallest absolute Gasteiger partial charge is 0.276 e. The standard InChI is InChI=1S/C7H3BrClNO3/c8-5-3-4(7(9)11)1-2-6(5)10(12)13/h1-3H. The largest absolute Gasteiger partial charge is 0.283 e. The lowest BCUT2D eigenvalue weighted by Crippen LogP contribution is -1.93. The van der Waals surface area contributed by atoms with Crippen molar-refractivity contribution in [3.05, 3.63) is 38.3 Å². The summed E-state index contributed by atoms with van der Waals surface area (Å²) in [4.78, 5) is 20.5. The van der Waals surface area contributed by atoms with Gasteiger partial charge in [0.15, 0.2) is 0 Å². The SMILES string of the molecule is O=C(Cl)c1ccc([N+](=O)[O-])c(Br)c1. The minimum atomic E-state index is -0.643. The van der Waals surface area contributed by atoms with Crippen LogP contribution < -0.4 is 0 Å². The van der Waals surface area contributed by atoms with Crippen LogP contribution in [0.1, 0.15) is 10.4 Å². The predicted octanol–water partition coefficient (Wildman–Crippen LogP) is 2.74. The van der Waals surface area contributed by atoms with Crippen molar-refractivity contribution in [2.45, 2.75) is 0 Å². The first-order valence-electron chi connectivity index (χ1n) is 3.16. The Labute approximate surface area is 86.8 Å². The van der Waals surface area contributed by atoms with Crippen LogP contribution in [0.5, 0.6) is 0 Å². The Morgan fingerprint density at radius 1 is 1.54 bits per heavy atom. The average Bonchev–Trinajstić information content (AvgIpc) is 2.03. The summed E-state index contributed by atoms with van der Waals surface area (Å²) in [6, 6.07) is 3.84. The predicted molar refractivity (Wildman–Crippen MR) is 51.0 cm³/mol. The molecule has 0 spiro atoms. The Balaban J connectivity index is 3.20. The summed E-state index contributed by atoms with van der Waals surface area (Å²) in [5, 5.41) is 9.72. The molecule has 0 fully saturated rings. The summed E-state index contributed by atoms with van der Waals surface area (Å²) in [5.41, 5.74) is 0.126. The zero-order chi connectivity index (χ0) is 10.0. The molecule has 0 aliphatic rings. The molecule has 1 rings (SSSR count). The maximum atomic E-state index is 10.7. The van der Waals surface area contributed by atoms with Crippen molar-refractivity contribution in [3.8, 4) is 0 Å². The van der Waals surface area contributed by atoms with Gasteiger partial charge in [0.25, 0.3) is 10.9 Å². The van der Waals surface area contributed by atoms with Gasteiger partial charge in [-0.15, -0.1) is 0 Å². The molecule has 0 atom stereocenters. The third kappa shape index (κ3) is 2.26. The van der Waals surface area contributed by atoms with Gasteiger partial charge in [0.2, 0.25) is 0 Å². The van der Waals surface area contributed by atoms with E-state index >= 15 is 0 Å². The summed E-state index contributed by atoms with van der Waals surface area (Å²) in [7, 11) is 0. The minimum absolute atomic E-state index is 0.0957. The fourth-order valence-corrected chi connectivity index (χ4v) is 1.42. The highest BCUT2D eigenvalue weighted by atomic mass is 79.9. The van der Waals surface area contributed by atoms with Crippen LogP contribution in [0.3, 0.4) is 0 Å². The number of halogens is 2. The normalized spacial score (nSPS) is 9.69. The molecule has 1 aromatic carbocycles. The van der Waals surface area contributed by atoms with Crippen LogP contribution in [0.4, 0.5) is 5.69 Å². The molecule has 0 aliphatic heterocycles. The summed E-state index contributed by atoms with van der Waals surface area (Å²) in [5.74, 6) is 0. The van der Waals surface area contributed by atoms with Gasteiger partial charge in [0, 0.05) is 11.6 Å². The Kier molecular flexibility index (Phi) is 3.00. The van der Waals surface area contributed by atoms with Crippen LogP contribution in [0.25, 0.3) is 0 Å². The fraction of sp³-hybridized carbons (Fsp3) is 0. The first kappa shape index (κ1) is 10.1. The van der Waals surface area contributed by atoms with Gasteiger partial charge < -0.3 is 0 Å². The number of benzene rings is 1. The minimum Gasteiger partial charge on any atom is -0.276 e. The Morgan fingerprint density at radius 3 is 2.54 bits per heavy atom. The Bertz CT molecular complexity index is 380. The van der Waals surface area contributed by atoms with E-state index in [0.29, 0.717) is 0 Å². The molecule has 13 heavy (non-hydrogen) atoms. The first-order chi connectivity index (χ1) is 6.02. The van der Waals surface area contributed by atoms with Gasteiger partial charge in [0.1, 0.15) is 0 Å². The number of nitrogens with zero attached hydrogens (tertiary/aromatic N) is 1. The summed E-state index contributed by atoms with van der Waals surface area (Å²) >= 11 is 8.14. The van der Waals surface area contributed by atoms with Crippen molar-refractivity contribution >= 4 is 38.5 Å². The van der Waals surface area contributed by atoms with E-state index in [1.165, 1.54) is 18.2 Å². The summed E-state index contributed by atoms with van der Waals surface area (Å²) in [6.45, 7) is 0. The number of carbonyl (C=O) groups excluding carboxylic acids is 1. The number of carbonyl (C=O) groups is 1. The van der Waals surface area contributed by atoms with Crippen molar-refractivity contribution in [3.63, 3.8) is 0 Å². The van der Waals surface area contributed by atoms with Gasteiger partial charge >= 0.3 is 0 Å². The quantitative estimate of drug-likeness (QED) is 0.469. The van der Waals surface area contributed by atoms with E-state index in [9.17, 15) is 14.9 Å².